The molecule has 3 heterocycles. The molecule has 5 heteroatoms. The van der Waals surface area contributed by atoms with Gasteiger partial charge in [-0.25, -0.2) is 0 Å². The van der Waals surface area contributed by atoms with Gasteiger partial charge in [0.1, 0.15) is 11.2 Å². The van der Waals surface area contributed by atoms with Crippen LogP contribution in [0.25, 0.3) is 21.9 Å². The van der Waals surface area contributed by atoms with E-state index >= 15 is 0 Å². The first kappa shape index (κ1) is 17.9. The Kier molecular flexibility index (Phi) is 4.74. The van der Waals surface area contributed by atoms with Gasteiger partial charge in [-0.2, -0.15) is 0 Å². The molecule has 1 amide bonds. The van der Waals surface area contributed by atoms with Gasteiger partial charge < -0.3 is 9.73 Å². The number of rotatable bonds is 6. The van der Waals surface area contributed by atoms with Gasteiger partial charge in [0.15, 0.2) is 0 Å². The maximum atomic E-state index is 11.7. The van der Waals surface area contributed by atoms with Crippen LogP contribution in [0.15, 0.2) is 71.3 Å². The van der Waals surface area contributed by atoms with Crippen LogP contribution in [0.3, 0.4) is 0 Å². The van der Waals surface area contributed by atoms with E-state index in [-0.39, 0.29) is 11.9 Å². The highest BCUT2D eigenvalue weighted by Crippen LogP contribution is 2.31. The quantitative estimate of drug-likeness (QED) is 0.539. The van der Waals surface area contributed by atoms with Crippen LogP contribution in [-0.2, 0) is 17.9 Å². The first-order chi connectivity index (χ1) is 14.3. The Morgan fingerprint density at radius 3 is 2.69 bits per heavy atom. The molecule has 0 radical (unpaired) electrons. The maximum Gasteiger partial charge on any atom is 0.220 e. The zero-order valence-electron chi connectivity index (χ0n) is 16.2. The third-order valence-electron chi connectivity index (χ3n) is 5.56. The van der Waals surface area contributed by atoms with E-state index in [2.05, 4.69) is 39.5 Å². The van der Waals surface area contributed by atoms with Crippen LogP contribution in [0.5, 0.6) is 0 Å². The summed E-state index contributed by atoms with van der Waals surface area (Å²) in [6.07, 6.45) is 3.32. The van der Waals surface area contributed by atoms with Gasteiger partial charge in [0.05, 0.1) is 5.69 Å². The fourth-order valence-electron chi connectivity index (χ4n) is 4.20. The molecule has 146 valence electrons. The van der Waals surface area contributed by atoms with Gasteiger partial charge in [-0.05, 0) is 24.6 Å². The summed E-state index contributed by atoms with van der Waals surface area (Å²) < 4.78 is 6.21. The number of nitrogens with zero attached hydrogens (tertiary/aromatic N) is 2. The van der Waals surface area contributed by atoms with Gasteiger partial charge in [0, 0.05) is 54.6 Å². The monoisotopic (exact) mass is 385 g/mol. The number of carbonyl (C=O) groups excluding carboxylic acids is 1. The number of benzene rings is 2. The SMILES string of the molecule is O=C1CC[C@@H](CN(Cc2ccccn2)Cc2cccc3c2oc2ccccc23)N1. The average Bonchev–Trinajstić information content (AvgIpc) is 3.32. The van der Waals surface area contributed by atoms with Gasteiger partial charge in [0.25, 0.3) is 0 Å². The van der Waals surface area contributed by atoms with E-state index < -0.39 is 0 Å². The molecular formula is C24H23N3O2. The molecule has 2 aromatic heterocycles. The maximum absolute atomic E-state index is 11.7. The number of para-hydroxylation sites is 2. The minimum absolute atomic E-state index is 0.146. The number of furan rings is 1. The van der Waals surface area contributed by atoms with Crippen molar-refractivity contribution >= 4 is 27.8 Å². The Balaban J connectivity index is 1.46. The number of hydrogen-bond acceptors (Lipinski definition) is 4. The summed E-state index contributed by atoms with van der Waals surface area (Å²) in [5.41, 5.74) is 4.03. The fourth-order valence-corrected chi connectivity index (χ4v) is 4.20. The summed E-state index contributed by atoms with van der Waals surface area (Å²) in [7, 11) is 0. The number of amides is 1. The van der Waals surface area contributed by atoms with Crippen molar-refractivity contribution in [2.45, 2.75) is 32.0 Å². The highest BCUT2D eigenvalue weighted by molar-refractivity contribution is 6.05. The first-order valence-electron chi connectivity index (χ1n) is 10.1. The van der Waals surface area contributed by atoms with Crippen LogP contribution in [0.4, 0.5) is 0 Å². The first-order valence-corrected chi connectivity index (χ1v) is 10.1. The van der Waals surface area contributed by atoms with Gasteiger partial charge >= 0.3 is 0 Å². The minimum atomic E-state index is 0.146. The summed E-state index contributed by atoms with van der Waals surface area (Å²) in [5.74, 6) is 0.146. The Morgan fingerprint density at radius 1 is 1.00 bits per heavy atom. The third kappa shape index (κ3) is 3.74. The van der Waals surface area contributed by atoms with E-state index in [1.165, 1.54) is 0 Å². The molecule has 1 aliphatic heterocycles. The van der Waals surface area contributed by atoms with Crippen molar-refractivity contribution in [1.29, 1.82) is 0 Å². The fraction of sp³-hybridized carbons (Fsp3) is 0.250. The zero-order valence-corrected chi connectivity index (χ0v) is 16.2. The summed E-state index contributed by atoms with van der Waals surface area (Å²) in [4.78, 5) is 18.5. The number of hydrogen-bond donors (Lipinski definition) is 1. The molecule has 1 aliphatic rings. The van der Waals surface area contributed by atoms with Gasteiger partial charge in [-0.15, -0.1) is 0 Å². The van der Waals surface area contributed by atoms with Crippen molar-refractivity contribution in [2.75, 3.05) is 6.54 Å². The van der Waals surface area contributed by atoms with Crippen LogP contribution < -0.4 is 5.32 Å². The van der Waals surface area contributed by atoms with E-state index in [4.69, 9.17) is 4.42 Å². The Labute approximate surface area is 169 Å². The summed E-state index contributed by atoms with van der Waals surface area (Å²) in [6.45, 7) is 2.25. The van der Waals surface area contributed by atoms with Crippen molar-refractivity contribution in [3.63, 3.8) is 0 Å². The molecule has 29 heavy (non-hydrogen) atoms. The summed E-state index contributed by atoms with van der Waals surface area (Å²) in [6, 6.07) is 20.7. The molecule has 0 spiro atoms. The lowest BCUT2D eigenvalue weighted by atomic mass is 10.1. The van der Waals surface area contributed by atoms with Gasteiger partial charge in [-0.1, -0.05) is 42.5 Å². The smallest absolute Gasteiger partial charge is 0.220 e. The number of pyridine rings is 1. The molecular weight excluding hydrogens is 362 g/mol. The minimum Gasteiger partial charge on any atom is -0.456 e. The molecule has 1 saturated heterocycles. The van der Waals surface area contributed by atoms with Crippen molar-refractivity contribution in [3.8, 4) is 0 Å². The number of aromatic nitrogens is 1. The van der Waals surface area contributed by atoms with Crippen LogP contribution >= 0.6 is 0 Å². The molecule has 0 bridgehead atoms. The molecule has 5 nitrogen and oxygen atoms in total. The van der Waals surface area contributed by atoms with E-state index in [1.807, 2.05) is 42.6 Å². The van der Waals surface area contributed by atoms with Crippen LogP contribution in [0.1, 0.15) is 24.1 Å². The van der Waals surface area contributed by atoms with Crippen LogP contribution in [0, 0.1) is 0 Å². The largest absolute Gasteiger partial charge is 0.456 e. The van der Waals surface area contributed by atoms with Gasteiger partial charge in [0.2, 0.25) is 5.91 Å². The van der Waals surface area contributed by atoms with Crippen molar-refractivity contribution < 1.29 is 9.21 Å². The lowest BCUT2D eigenvalue weighted by Crippen LogP contribution is -2.38. The predicted molar refractivity (Wildman–Crippen MR) is 113 cm³/mol. The van der Waals surface area contributed by atoms with E-state index in [1.54, 1.807) is 0 Å². The molecule has 0 unspecified atom stereocenters. The second-order valence-corrected chi connectivity index (χ2v) is 7.69. The lowest BCUT2D eigenvalue weighted by molar-refractivity contribution is -0.119. The van der Waals surface area contributed by atoms with E-state index in [9.17, 15) is 4.79 Å². The molecule has 5 rings (SSSR count). The third-order valence-corrected chi connectivity index (χ3v) is 5.56. The van der Waals surface area contributed by atoms with Crippen molar-refractivity contribution in [3.05, 3.63) is 78.1 Å². The molecule has 1 N–H and O–H groups in total. The molecule has 0 saturated carbocycles. The van der Waals surface area contributed by atoms with E-state index in [0.717, 1.165) is 59.3 Å². The molecule has 4 aromatic rings. The molecule has 2 aromatic carbocycles. The second kappa shape index (κ2) is 7.68. The Morgan fingerprint density at radius 2 is 1.86 bits per heavy atom. The molecule has 1 atom stereocenters. The standard InChI is InChI=1S/C24H23N3O2/c28-23-12-11-19(26-23)16-27(15-18-7-3-4-13-25-18)14-17-6-5-9-21-20-8-1-2-10-22(20)29-24(17)21/h1-10,13,19H,11-12,14-16H2,(H,26,28)/t19-/m0/s1. The topological polar surface area (TPSA) is 58.4 Å². The highest BCUT2D eigenvalue weighted by atomic mass is 16.3. The Bertz CT molecular complexity index is 1150. The van der Waals surface area contributed by atoms with Gasteiger partial charge in [-0.3, -0.25) is 14.7 Å². The normalized spacial score (nSPS) is 16.7. The highest BCUT2D eigenvalue weighted by Gasteiger charge is 2.24. The predicted octanol–water partition coefficient (Wildman–Crippen LogP) is 4.26. The Hall–Kier alpha value is -3.18. The summed E-state index contributed by atoms with van der Waals surface area (Å²) in [5, 5.41) is 5.38. The van der Waals surface area contributed by atoms with E-state index in [0.29, 0.717) is 6.42 Å². The van der Waals surface area contributed by atoms with Crippen molar-refractivity contribution in [2.24, 2.45) is 0 Å². The number of carbonyl (C=O) groups is 1. The van der Waals surface area contributed by atoms with Crippen molar-refractivity contribution in [1.82, 2.24) is 15.2 Å². The summed E-state index contributed by atoms with van der Waals surface area (Å²) >= 11 is 0. The average molecular weight is 385 g/mol. The molecule has 1 fully saturated rings. The van der Waals surface area contributed by atoms with Crippen LogP contribution in [0.2, 0.25) is 0 Å². The molecule has 0 aliphatic carbocycles. The van der Waals surface area contributed by atoms with Crippen LogP contribution in [-0.4, -0.2) is 28.4 Å². The lowest BCUT2D eigenvalue weighted by Gasteiger charge is -2.25. The number of nitrogens with one attached hydrogen (secondary N) is 1. The number of fused-ring (bicyclic) bond motifs is 3. The zero-order chi connectivity index (χ0) is 19.6. The second-order valence-electron chi connectivity index (χ2n) is 7.69.